The van der Waals surface area contributed by atoms with E-state index in [1.54, 1.807) is 25.5 Å². The van der Waals surface area contributed by atoms with Crippen LogP contribution in [0.3, 0.4) is 0 Å². The Morgan fingerprint density at radius 1 is 1.12 bits per heavy atom. The molecule has 32 heavy (non-hydrogen) atoms. The standard InChI is InChI=1S/C25H24N2O4S/c1-5-31-24(29)21-16(3)26-25-27(22(21)18-10-6-15(2)7-11-18)23(28)20(32-25)14-17-8-12-19(30-4)13-9-17/h6-14,22H,5H2,1-4H3/b20-14-/t22-/m0/s1. The second-order valence-electron chi connectivity index (χ2n) is 7.49. The number of esters is 1. The Hall–Kier alpha value is -3.45. The first-order valence-corrected chi connectivity index (χ1v) is 11.1. The van der Waals surface area contributed by atoms with Gasteiger partial charge in [0.2, 0.25) is 0 Å². The van der Waals surface area contributed by atoms with Crippen LogP contribution >= 0.6 is 11.3 Å². The molecule has 4 rings (SSSR count). The fourth-order valence-electron chi connectivity index (χ4n) is 3.71. The number of nitrogens with zero attached hydrogens (tertiary/aromatic N) is 2. The molecule has 0 saturated carbocycles. The van der Waals surface area contributed by atoms with Gasteiger partial charge in [0, 0.05) is 0 Å². The third-order valence-corrected chi connectivity index (χ3v) is 6.31. The van der Waals surface area contributed by atoms with E-state index >= 15 is 0 Å². The number of ether oxygens (including phenoxy) is 2. The molecule has 6 nitrogen and oxygen atoms in total. The molecule has 2 aromatic carbocycles. The molecule has 1 aliphatic heterocycles. The van der Waals surface area contributed by atoms with Crippen LogP contribution in [0.25, 0.3) is 6.08 Å². The molecule has 7 heteroatoms. The molecule has 0 bridgehead atoms. The number of carbonyl (C=O) groups is 1. The van der Waals surface area contributed by atoms with Crippen molar-refractivity contribution in [2.24, 2.45) is 4.99 Å². The Bertz CT molecular complexity index is 1360. The zero-order chi connectivity index (χ0) is 22.8. The Kier molecular flexibility index (Phi) is 6.10. The summed E-state index contributed by atoms with van der Waals surface area (Å²) in [7, 11) is 1.61. The topological polar surface area (TPSA) is 69.9 Å². The van der Waals surface area contributed by atoms with E-state index in [2.05, 4.69) is 4.99 Å². The number of benzene rings is 2. The highest BCUT2D eigenvalue weighted by molar-refractivity contribution is 7.07. The molecule has 0 amide bonds. The number of carbonyl (C=O) groups excluding carboxylic acids is 1. The van der Waals surface area contributed by atoms with Crippen molar-refractivity contribution in [2.75, 3.05) is 13.7 Å². The van der Waals surface area contributed by atoms with E-state index in [0.29, 0.717) is 20.6 Å². The van der Waals surface area contributed by atoms with Crippen molar-refractivity contribution in [1.82, 2.24) is 4.57 Å². The molecule has 1 aliphatic rings. The fourth-order valence-corrected chi connectivity index (χ4v) is 4.75. The molecule has 0 fully saturated rings. The molecular formula is C25H24N2O4S. The summed E-state index contributed by atoms with van der Waals surface area (Å²) in [6, 6.07) is 14.7. The third-order valence-electron chi connectivity index (χ3n) is 5.32. The largest absolute Gasteiger partial charge is 0.497 e. The summed E-state index contributed by atoms with van der Waals surface area (Å²) < 4.78 is 12.7. The highest BCUT2D eigenvalue weighted by Gasteiger charge is 2.33. The highest BCUT2D eigenvalue weighted by atomic mass is 32.1. The van der Waals surface area contributed by atoms with E-state index in [4.69, 9.17) is 9.47 Å². The number of thiazole rings is 1. The first kappa shape index (κ1) is 21.8. The van der Waals surface area contributed by atoms with Gasteiger partial charge in [0.05, 0.1) is 35.6 Å². The number of hydrogen-bond acceptors (Lipinski definition) is 6. The third kappa shape index (κ3) is 4.03. The fraction of sp³-hybridized carbons (Fsp3) is 0.240. The summed E-state index contributed by atoms with van der Waals surface area (Å²) >= 11 is 1.31. The van der Waals surface area contributed by atoms with Crippen molar-refractivity contribution in [3.05, 3.63) is 96.2 Å². The number of aromatic nitrogens is 1. The molecule has 0 aliphatic carbocycles. The summed E-state index contributed by atoms with van der Waals surface area (Å²) in [5.74, 6) is 0.293. The normalized spacial score (nSPS) is 15.9. The van der Waals surface area contributed by atoms with Gasteiger partial charge in [-0.2, -0.15) is 0 Å². The van der Waals surface area contributed by atoms with E-state index in [0.717, 1.165) is 22.4 Å². The van der Waals surface area contributed by atoms with Crippen LogP contribution in [0.15, 0.2) is 69.6 Å². The molecule has 0 unspecified atom stereocenters. The van der Waals surface area contributed by atoms with Crippen LogP contribution in [0.2, 0.25) is 0 Å². The van der Waals surface area contributed by atoms with Crippen molar-refractivity contribution in [1.29, 1.82) is 0 Å². The first-order chi connectivity index (χ1) is 15.4. The predicted octanol–water partition coefficient (Wildman–Crippen LogP) is 3.12. The number of methoxy groups -OCH3 is 1. The van der Waals surface area contributed by atoms with E-state index in [1.807, 2.05) is 61.5 Å². The maximum absolute atomic E-state index is 13.5. The lowest BCUT2D eigenvalue weighted by molar-refractivity contribution is -0.139. The molecule has 0 N–H and O–H groups in total. The quantitative estimate of drug-likeness (QED) is 0.563. The van der Waals surface area contributed by atoms with Crippen LogP contribution < -0.4 is 19.6 Å². The maximum atomic E-state index is 13.5. The molecule has 0 spiro atoms. The minimum absolute atomic E-state index is 0.190. The van der Waals surface area contributed by atoms with Crippen molar-refractivity contribution < 1.29 is 14.3 Å². The Morgan fingerprint density at radius 2 is 1.81 bits per heavy atom. The van der Waals surface area contributed by atoms with Gasteiger partial charge in [-0.25, -0.2) is 9.79 Å². The van der Waals surface area contributed by atoms with Gasteiger partial charge in [0.15, 0.2) is 4.80 Å². The SMILES string of the molecule is CCOC(=O)C1=C(C)N=c2s/c(=C\c3ccc(OC)cc3)c(=O)n2[C@H]1c1ccc(C)cc1. The van der Waals surface area contributed by atoms with Gasteiger partial charge in [-0.1, -0.05) is 53.3 Å². The molecular weight excluding hydrogens is 424 g/mol. The Balaban J connectivity index is 1.92. The molecule has 1 aromatic heterocycles. The zero-order valence-electron chi connectivity index (χ0n) is 18.4. The van der Waals surface area contributed by atoms with Gasteiger partial charge in [-0.15, -0.1) is 0 Å². The summed E-state index contributed by atoms with van der Waals surface area (Å²) in [5.41, 5.74) is 3.57. The van der Waals surface area contributed by atoms with Crippen molar-refractivity contribution in [2.45, 2.75) is 26.8 Å². The van der Waals surface area contributed by atoms with E-state index < -0.39 is 12.0 Å². The summed E-state index contributed by atoms with van der Waals surface area (Å²) in [6.45, 7) is 5.79. The maximum Gasteiger partial charge on any atom is 0.338 e. The Labute approximate surface area is 189 Å². The molecule has 1 atom stereocenters. The van der Waals surface area contributed by atoms with Gasteiger partial charge in [-0.3, -0.25) is 9.36 Å². The van der Waals surface area contributed by atoms with Crippen molar-refractivity contribution in [3.8, 4) is 5.75 Å². The predicted molar refractivity (Wildman–Crippen MR) is 125 cm³/mol. The average Bonchev–Trinajstić information content (AvgIpc) is 3.08. The van der Waals surface area contributed by atoms with E-state index in [-0.39, 0.29) is 12.2 Å². The van der Waals surface area contributed by atoms with Gasteiger partial charge in [0.1, 0.15) is 5.75 Å². The summed E-state index contributed by atoms with van der Waals surface area (Å²) in [6.07, 6.45) is 1.83. The van der Waals surface area contributed by atoms with Crippen molar-refractivity contribution in [3.63, 3.8) is 0 Å². The summed E-state index contributed by atoms with van der Waals surface area (Å²) in [4.78, 5) is 31.5. The molecule has 164 valence electrons. The Morgan fingerprint density at radius 3 is 2.44 bits per heavy atom. The van der Waals surface area contributed by atoms with E-state index in [9.17, 15) is 9.59 Å². The zero-order valence-corrected chi connectivity index (χ0v) is 19.2. The lowest BCUT2D eigenvalue weighted by atomic mass is 9.95. The highest BCUT2D eigenvalue weighted by Crippen LogP contribution is 2.30. The molecule has 3 aromatic rings. The van der Waals surface area contributed by atoms with Crippen LogP contribution in [0.4, 0.5) is 0 Å². The smallest absolute Gasteiger partial charge is 0.338 e. The van der Waals surface area contributed by atoms with Crippen LogP contribution in [-0.2, 0) is 9.53 Å². The number of hydrogen-bond donors (Lipinski definition) is 0. The monoisotopic (exact) mass is 448 g/mol. The van der Waals surface area contributed by atoms with Crippen LogP contribution in [-0.4, -0.2) is 24.3 Å². The van der Waals surface area contributed by atoms with Gasteiger partial charge < -0.3 is 9.47 Å². The molecule has 0 radical (unpaired) electrons. The number of fused-ring (bicyclic) bond motifs is 1. The van der Waals surface area contributed by atoms with Gasteiger partial charge in [0.25, 0.3) is 5.56 Å². The van der Waals surface area contributed by atoms with Crippen LogP contribution in [0, 0.1) is 6.92 Å². The number of aryl methyl sites for hydroxylation is 1. The van der Waals surface area contributed by atoms with Crippen molar-refractivity contribution >= 4 is 23.4 Å². The lowest BCUT2D eigenvalue weighted by Crippen LogP contribution is -2.39. The summed E-state index contributed by atoms with van der Waals surface area (Å²) in [5, 5.41) is 0. The molecule has 0 saturated heterocycles. The second kappa shape index (κ2) is 8.96. The second-order valence-corrected chi connectivity index (χ2v) is 8.50. The van der Waals surface area contributed by atoms with Crippen LogP contribution in [0.1, 0.15) is 36.6 Å². The minimum Gasteiger partial charge on any atom is -0.497 e. The number of rotatable bonds is 5. The van der Waals surface area contributed by atoms with E-state index in [1.165, 1.54) is 11.3 Å². The minimum atomic E-state index is -0.594. The van der Waals surface area contributed by atoms with Gasteiger partial charge >= 0.3 is 5.97 Å². The molecule has 2 heterocycles. The van der Waals surface area contributed by atoms with Crippen LogP contribution in [0.5, 0.6) is 5.75 Å². The first-order valence-electron chi connectivity index (χ1n) is 10.3. The van der Waals surface area contributed by atoms with Gasteiger partial charge in [-0.05, 0) is 50.1 Å². The average molecular weight is 449 g/mol. The lowest BCUT2D eigenvalue weighted by Gasteiger charge is -2.24. The number of allylic oxidation sites excluding steroid dienone is 1.